The van der Waals surface area contributed by atoms with Gasteiger partial charge >= 0.3 is 5.97 Å². The summed E-state index contributed by atoms with van der Waals surface area (Å²) in [5.41, 5.74) is 0. The van der Waals surface area contributed by atoms with E-state index in [1.807, 2.05) is 0 Å². The quantitative estimate of drug-likeness (QED) is 0.309. The highest BCUT2D eigenvalue weighted by Crippen LogP contribution is 1.70. The zero-order valence-electron chi connectivity index (χ0n) is 3.87. The lowest BCUT2D eigenvalue weighted by Crippen LogP contribution is -1.84. The van der Waals surface area contributed by atoms with Crippen LogP contribution in [-0.2, 0) is 9.59 Å². The van der Waals surface area contributed by atoms with Crippen molar-refractivity contribution in [2.75, 3.05) is 0 Å². The molecule has 0 aromatic rings. The summed E-state index contributed by atoms with van der Waals surface area (Å²) in [5.74, 6) is -1.14. The molecule has 0 saturated heterocycles. The lowest BCUT2D eigenvalue weighted by atomic mass is 10.6. The van der Waals surface area contributed by atoms with Crippen LogP contribution in [0.15, 0.2) is 17.3 Å². The number of aliphatic imine (C=N–C) groups is 1. The fraction of sp³-hybridized carbons (Fsp3) is 0. The maximum absolute atomic E-state index is 9.60. The molecule has 8 heavy (non-hydrogen) atoms. The molecule has 0 rings (SSSR count). The molecule has 42 valence electrons. The van der Waals surface area contributed by atoms with Gasteiger partial charge in [-0.15, -0.1) is 0 Å². The number of isocyanates is 1. The van der Waals surface area contributed by atoms with E-state index in [2.05, 4.69) is 4.99 Å². The average molecular weight is 113 g/mol. The predicted octanol–water partition coefficient (Wildman–Crippen LogP) is -0.0795. The number of hydrogen-bond donors (Lipinski definition) is 1. The topological polar surface area (TPSA) is 66.7 Å². The molecule has 1 N–H and O–H groups in total. The third-order valence-electron chi connectivity index (χ3n) is 0.344. The van der Waals surface area contributed by atoms with Crippen LogP contribution in [0, 0.1) is 0 Å². The molecule has 0 heterocycles. The number of carboxylic acids is 1. The minimum Gasteiger partial charge on any atom is -0.478 e. The van der Waals surface area contributed by atoms with Crippen molar-refractivity contribution in [2.45, 2.75) is 0 Å². The fourth-order valence-electron chi connectivity index (χ4n) is 0.131. The van der Waals surface area contributed by atoms with Crippen molar-refractivity contribution < 1.29 is 14.7 Å². The van der Waals surface area contributed by atoms with Crippen molar-refractivity contribution in [1.82, 2.24) is 0 Å². The Morgan fingerprint density at radius 1 is 1.75 bits per heavy atom. The molecule has 4 nitrogen and oxygen atoms in total. The van der Waals surface area contributed by atoms with E-state index < -0.39 is 5.97 Å². The molecule has 4 heteroatoms. The molecule has 0 unspecified atom stereocenters. The molecule has 0 atom stereocenters. The summed E-state index contributed by atoms with van der Waals surface area (Å²) in [4.78, 5) is 21.7. The summed E-state index contributed by atoms with van der Waals surface area (Å²) in [5, 5.41) is 7.86. The second-order valence-corrected chi connectivity index (χ2v) is 0.874. The van der Waals surface area contributed by atoms with Crippen molar-refractivity contribution >= 4 is 12.0 Å². The van der Waals surface area contributed by atoms with Crippen LogP contribution in [0.25, 0.3) is 0 Å². The van der Waals surface area contributed by atoms with Gasteiger partial charge in [0.1, 0.15) is 0 Å². The molecular weight excluding hydrogens is 110 g/mol. The summed E-state index contributed by atoms with van der Waals surface area (Å²) in [7, 11) is 0. The first-order valence-electron chi connectivity index (χ1n) is 1.74. The summed E-state index contributed by atoms with van der Waals surface area (Å²) in [6, 6.07) is 0. The molecule has 0 aromatic heterocycles. The molecule has 0 bridgehead atoms. The maximum atomic E-state index is 9.60. The third-order valence-corrected chi connectivity index (χ3v) is 0.344. The molecule has 0 aromatic carbocycles. The molecule has 0 spiro atoms. The van der Waals surface area contributed by atoms with Gasteiger partial charge in [0.15, 0.2) is 0 Å². The van der Waals surface area contributed by atoms with Gasteiger partial charge in [-0.3, -0.25) is 0 Å². The van der Waals surface area contributed by atoms with E-state index in [0.29, 0.717) is 0 Å². The van der Waals surface area contributed by atoms with Crippen LogP contribution in [0.4, 0.5) is 0 Å². The van der Waals surface area contributed by atoms with E-state index >= 15 is 0 Å². The lowest BCUT2D eigenvalue weighted by Gasteiger charge is -1.69. The van der Waals surface area contributed by atoms with Gasteiger partial charge in [0.05, 0.1) is 0 Å². The van der Waals surface area contributed by atoms with Crippen LogP contribution >= 0.6 is 0 Å². The maximum Gasteiger partial charge on any atom is 0.329 e. The standard InChI is InChI=1S/C4H3NO3/c6-3-5-2-1-4(7)8/h1-2H,(H,7,8)/b2-1+. The molecule has 0 saturated carbocycles. The van der Waals surface area contributed by atoms with Crippen LogP contribution in [0.5, 0.6) is 0 Å². The number of hydrogen-bond acceptors (Lipinski definition) is 3. The van der Waals surface area contributed by atoms with Crippen molar-refractivity contribution in [3.63, 3.8) is 0 Å². The van der Waals surface area contributed by atoms with Gasteiger partial charge in [-0.05, 0) is 0 Å². The van der Waals surface area contributed by atoms with Crippen LogP contribution in [-0.4, -0.2) is 17.2 Å². The Kier molecular flexibility index (Phi) is 3.10. The largest absolute Gasteiger partial charge is 0.478 e. The zero-order chi connectivity index (χ0) is 6.41. The zero-order valence-corrected chi connectivity index (χ0v) is 3.87. The Balaban J connectivity index is 3.67. The number of aliphatic carboxylic acids is 1. The lowest BCUT2D eigenvalue weighted by molar-refractivity contribution is -0.131. The van der Waals surface area contributed by atoms with E-state index in [0.717, 1.165) is 18.4 Å². The van der Waals surface area contributed by atoms with Gasteiger partial charge in [-0.1, -0.05) is 0 Å². The van der Waals surface area contributed by atoms with Crippen molar-refractivity contribution in [2.24, 2.45) is 4.99 Å². The number of nitrogens with zero attached hydrogens (tertiary/aromatic N) is 1. The number of carbonyl (C=O) groups is 1. The van der Waals surface area contributed by atoms with Crippen LogP contribution in [0.2, 0.25) is 0 Å². The van der Waals surface area contributed by atoms with Gasteiger partial charge in [-0.25, -0.2) is 9.59 Å². The van der Waals surface area contributed by atoms with Gasteiger partial charge in [0, 0.05) is 12.3 Å². The van der Waals surface area contributed by atoms with Gasteiger partial charge in [0.25, 0.3) is 0 Å². The highest BCUT2D eigenvalue weighted by atomic mass is 16.4. The van der Waals surface area contributed by atoms with Gasteiger partial charge in [-0.2, -0.15) is 4.99 Å². The Hall–Kier alpha value is -1.41. The van der Waals surface area contributed by atoms with Gasteiger partial charge < -0.3 is 5.11 Å². The first-order valence-corrected chi connectivity index (χ1v) is 1.74. The van der Waals surface area contributed by atoms with Crippen molar-refractivity contribution in [1.29, 1.82) is 0 Å². The van der Waals surface area contributed by atoms with Gasteiger partial charge in [0.2, 0.25) is 6.08 Å². The second kappa shape index (κ2) is 3.77. The monoisotopic (exact) mass is 113 g/mol. The highest BCUT2D eigenvalue weighted by molar-refractivity contribution is 5.79. The van der Waals surface area contributed by atoms with E-state index in [1.54, 1.807) is 0 Å². The summed E-state index contributed by atoms with van der Waals surface area (Å²) < 4.78 is 0. The number of rotatable bonds is 2. The summed E-state index contributed by atoms with van der Waals surface area (Å²) in [6.45, 7) is 0. The Morgan fingerprint density at radius 3 is 2.75 bits per heavy atom. The number of carboxylic acid groups (broad SMARTS) is 1. The van der Waals surface area contributed by atoms with Crippen molar-refractivity contribution in [3.8, 4) is 0 Å². The molecule has 0 aliphatic heterocycles. The smallest absolute Gasteiger partial charge is 0.329 e. The van der Waals surface area contributed by atoms with E-state index in [9.17, 15) is 9.59 Å². The normalized spacial score (nSPS) is 8.50. The first-order chi connectivity index (χ1) is 3.77. The van der Waals surface area contributed by atoms with Crippen LogP contribution in [0.3, 0.4) is 0 Å². The van der Waals surface area contributed by atoms with Crippen molar-refractivity contribution in [3.05, 3.63) is 12.3 Å². The molecule has 0 fully saturated rings. The van der Waals surface area contributed by atoms with E-state index in [4.69, 9.17) is 5.11 Å². The Labute approximate surface area is 45.2 Å². The van der Waals surface area contributed by atoms with E-state index in [-0.39, 0.29) is 0 Å². The average Bonchev–Trinajstić information content (AvgIpc) is 1.66. The third kappa shape index (κ3) is 4.59. The Morgan fingerprint density at radius 2 is 2.38 bits per heavy atom. The number of carbonyl (C=O) groups excluding carboxylic acids is 1. The SMILES string of the molecule is O=C=N/C=C/C(=O)O. The predicted molar refractivity (Wildman–Crippen MR) is 24.9 cm³/mol. The van der Waals surface area contributed by atoms with Crippen LogP contribution < -0.4 is 0 Å². The molecule has 0 aliphatic carbocycles. The minimum atomic E-state index is -1.14. The molecular formula is C4H3NO3. The molecule has 0 radical (unpaired) electrons. The highest BCUT2D eigenvalue weighted by Gasteiger charge is 1.79. The second-order valence-electron chi connectivity index (χ2n) is 0.874. The summed E-state index contributed by atoms with van der Waals surface area (Å²) in [6.07, 6.45) is 2.75. The fourth-order valence-corrected chi connectivity index (χ4v) is 0.131. The van der Waals surface area contributed by atoms with E-state index in [1.165, 1.54) is 0 Å². The first kappa shape index (κ1) is 6.59. The minimum absolute atomic E-state index is 0.741. The molecule has 0 amide bonds. The Bertz CT molecular complexity index is 151. The van der Waals surface area contributed by atoms with Crippen LogP contribution in [0.1, 0.15) is 0 Å². The molecule has 0 aliphatic rings. The summed E-state index contributed by atoms with van der Waals surface area (Å²) >= 11 is 0.